The van der Waals surface area contributed by atoms with Gasteiger partial charge in [-0.3, -0.25) is 19.5 Å². The molecule has 3 N–H and O–H groups in total. The van der Waals surface area contributed by atoms with Crippen LogP contribution in [-0.2, 0) is 11.2 Å². The standard InChI is InChI=1S/C24H24N3O3PS.CH4O/c25-18-4-8-22(31)21(13-18)17-2-6-20(7-3-17)30-14-19(27-23(28)15-32-24(27)29)5-1-16-9-11-26-12-10-16;1-2/h2-4,6-13,19H,1,5,14-15,25,31H2;2H,1H3. The molecule has 2 amide bonds. The maximum Gasteiger partial charge on any atom is 0.289 e. The fraction of sp³-hybridized carbons (Fsp3) is 0.240. The van der Waals surface area contributed by atoms with Crippen LogP contribution in [0.1, 0.15) is 12.0 Å². The molecule has 2 unspecified atom stereocenters. The molecule has 0 bridgehead atoms. The second-order valence-electron chi connectivity index (χ2n) is 7.55. The van der Waals surface area contributed by atoms with E-state index in [1.807, 2.05) is 54.6 Å². The third-order valence-corrected chi connectivity index (χ3v) is 6.69. The summed E-state index contributed by atoms with van der Waals surface area (Å²) >= 11 is 1.05. The summed E-state index contributed by atoms with van der Waals surface area (Å²) in [6, 6.07) is 17.1. The van der Waals surface area contributed by atoms with Gasteiger partial charge in [-0.25, -0.2) is 0 Å². The minimum atomic E-state index is -0.328. The molecule has 2 atom stereocenters. The summed E-state index contributed by atoms with van der Waals surface area (Å²) in [5.74, 6) is 0.716. The molecule has 34 heavy (non-hydrogen) atoms. The highest BCUT2D eigenvalue weighted by Gasteiger charge is 2.36. The second-order valence-corrected chi connectivity index (χ2v) is 9.10. The number of nitrogen functional groups attached to an aromatic ring is 1. The molecule has 9 heteroatoms. The zero-order valence-electron chi connectivity index (χ0n) is 18.9. The molecule has 4 rings (SSSR count). The van der Waals surface area contributed by atoms with Crippen LogP contribution in [0.4, 0.5) is 10.5 Å². The molecule has 178 valence electrons. The lowest BCUT2D eigenvalue weighted by molar-refractivity contribution is -0.126. The topological polar surface area (TPSA) is 106 Å². The summed E-state index contributed by atoms with van der Waals surface area (Å²) < 4.78 is 6.01. The molecular weight excluding hydrogens is 469 g/mol. The van der Waals surface area contributed by atoms with Crippen LogP contribution < -0.4 is 15.8 Å². The van der Waals surface area contributed by atoms with Gasteiger partial charge in [0.1, 0.15) is 12.4 Å². The smallest absolute Gasteiger partial charge is 0.289 e. The number of carbonyl (C=O) groups excluding carboxylic acids is 2. The largest absolute Gasteiger partial charge is 0.491 e. The molecular formula is C25H28N3O4PS. The van der Waals surface area contributed by atoms with E-state index in [1.54, 1.807) is 12.4 Å². The predicted octanol–water partition coefficient (Wildman–Crippen LogP) is 3.52. The molecule has 1 saturated heterocycles. The average molecular weight is 498 g/mol. The molecule has 1 aliphatic rings. The van der Waals surface area contributed by atoms with E-state index in [9.17, 15) is 9.59 Å². The normalized spacial score (nSPS) is 13.9. The SMILES string of the molecule is CO.Nc1ccc(P)c(-c2ccc(OCC(CCc3ccncc3)N3C(=O)CSC3=O)cc2)c1. The van der Waals surface area contributed by atoms with Crippen LogP contribution in [0.25, 0.3) is 11.1 Å². The fourth-order valence-corrected chi connectivity index (χ4v) is 4.76. The zero-order valence-corrected chi connectivity index (χ0v) is 20.9. The van der Waals surface area contributed by atoms with Gasteiger partial charge in [0.2, 0.25) is 5.91 Å². The van der Waals surface area contributed by atoms with E-state index in [1.165, 1.54) is 4.90 Å². The van der Waals surface area contributed by atoms with Gasteiger partial charge in [-0.1, -0.05) is 30.0 Å². The number of aliphatic hydroxyl groups excluding tert-OH is 1. The number of anilines is 1. The van der Waals surface area contributed by atoms with Gasteiger partial charge >= 0.3 is 0 Å². The number of thioether (sulfide) groups is 1. The number of ether oxygens (including phenoxy) is 1. The Morgan fingerprint density at radius 2 is 1.82 bits per heavy atom. The molecule has 2 heterocycles. The van der Waals surface area contributed by atoms with E-state index in [4.69, 9.17) is 15.6 Å². The van der Waals surface area contributed by atoms with E-state index < -0.39 is 0 Å². The minimum absolute atomic E-state index is 0.159. The van der Waals surface area contributed by atoms with Crippen molar-refractivity contribution in [2.75, 3.05) is 25.2 Å². The monoisotopic (exact) mass is 497 g/mol. The lowest BCUT2D eigenvalue weighted by atomic mass is 10.0. The summed E-state index contributed by atoms with van der Waals surface area (Å²) in [7, 11) is 3.72. The Morgan fingerprint density at radius 1 is 1.12 bits per heavy atom. The molecule has 1 aliphatic heterocycles. The fourth-order valence-electron chi connectivity index (χ4n) is 3.63. The first-order valence-electron chi connectivity index (χ1n) is 10.7. The lowest BCUT2D eigenvalue weighted by Gasteiger charge is -2.25. The van der Waals surface area contributed by atoms with Gasteiger partial charge in [0.15, 0.2) is 0 Å². The Hall–Kier alpha value is -2.93. The van der Waals surface area contributed by atoms with E-state index in [2.05, 4.69) is 14.2 Å². The zero-order chi connectivity index (χ0) is 24.5. The summed E-state index contributed by atoms with van der Waals surface area (Å²) in [4.78, 5) is 30.0. The van der Waals surface area contributed by atoms with Crippen molar-refractivity contribution in [2.24, 2.45) is 0 Å². The van der Waals surface area contributed by atoms with Crippen LogP contribution in [0.2, 0.25) is 0 Å². The molecule has 1 fully saturated rings. The van der Waals surface area contributed by atoms with Crippen molar-refractivity contribution in [3.8, 4) is 16.9 Å². The molecule has 7 nitrogen and oxygen atoms in total. The molecule has 0 aliphatic carbocycles. The van der Waals surface area contributed by atoms with Crippen LogP contribution in [0.5, 0.6) is 5.75 Å². The maximum atomic E-state index is 12.3. The van der Waals surface area contributed by atoms with E-state index >= 15 is 0 Å². The number of nitrogens with zero attached hydrogens (tertiary/aromatic N) is 2. The highest BCUT2D eigenvalue weighted by molar-refractivity contribution is 8.14. The average Bonchev–Trinajstić information content (AvgIpc) is 3.21. The Labute approximate surface area is 205 Å². The Balaban J connectivity index is 0.00000158. The summed E-state index contributed by atoms with van der Waals surface area (Å²) in [6.45, 7) is 0.246. The lowest BCUT2D eigenvalue weighted by Crippen LogP contribution is -2.43. The first kappa shape index (κ1) is 25.7. The predicted molar refractivity (Wildman–Crippen MR) is 140 cm³/mol. The second kappa shape index (κ2) is 12.5. The first-order chi connectivity index (χ1) is 16.5. The van der Waals surface area contributed by atoms with Crippen LogP contribution >= 0.6 is 21.0 Å². The van der Waals surface area contributed by atoms with Crippen LogP contribution in [0, 0.1) is 0 Å². The highest BCUT2D eigenvalue weighted by Crippen LogP contribution is 2.26. The Morgan fingerprint density at radius 3 is 2.47 bits per heavy atom. The van der Waals surface area contributed by atoms with Crippen molar-refractivity contribution < 1.29 is 19.4 Å². The number of aromatic nitrogens is 1. The maximum absolute atomic E-state index is 12.3. The van der Waals surface area contributed by atoms with E-state index in [0.717, 1.165) is 47.3 Å². The Kier molecular flexibility index (Phi) is 9.45. The highest BCUT2D eigenvalue weighted by atomic mass is 32.2. The van der Waals surface area contributed by atoms with Crippen LogP contribution in [0.15, 0.2) is 67.0 Å². The number of hydrogen-bond donors (Lipinski definition) is 2. The number of aliphatic hydroxyl groups is 1. The van der Waals surface area contributed by atoms with Crippen molar-refractivity contribution in [3.63, 3.8) is 0 Å². The number of nitrogens with two attached hydrogens (primary N) is 1. The van der Waals surface area contributed by atoms with Gasteiger partial charge in [0, 0.05) is 25.2 Å². The molecule has 0 radical (unpaired) electrons. The third-order valence-electron chi connectivity index (χ3n) is 5.35. The van der Waals surface area contributed by atoms with Gasteiger partial charge in [-0.15, -0.1) is 9.24 Å². The quantitative estimate of drug-likeness (QED) is 0.362. The Bertz CT molecular complexity index is 1100. The number of pyridine rings is 1. The molecule has 3 aromatic rings. The third kappa shape index (κ3) is 6.56. The van der Waals surface area contributed by atoms with Crippen molar-refractivity contribution >= 4 is 43.1 Å². The van der Waals surface area contributed by atoms with Gasteiger partial charge < -0.3 is 15.6 Å². The van der Waals surface area contributed by atoms with E-state index in [0.29, 0.717) is 17.9 Å². The van der Waals surface area contributed by atoms with Crippen LogP contribution in [0.3, 0.4) is 0 Å². The summed E-state index contributed by atoms with van der Waals surface area (Å²) in [6.07, 6.45) is 4.83. The number of aryl methyl sites for hydroxylation is 1. The van der Waals surface area contributed by atoms with Crippen LogP contribution in [-0.4, -0.2) is 51.6 Å². The molecule has 2 aromatic carbocycles. The van der Waals surface area contributed by atoms with Crippen molar-refractivity contribution in [1.82, 2.24) is 9.88 Å². The molecule has 1 aromatic heterocycles. The van der Waals surface area contributed by atoms with Gasteiger partial charge in [0.05, 0.1) is 11.8 Å². The van der Waals surface area contributed by atoms with Crippen molar-refractivity contribution in [3.05, 3.63) is 72.6 Å². The van der Waals surface area contributed by atoms with Crippen molar-refractivity contribution in [2.45, 2.75) is 18.9 Å². The summed E-state index contributed by atoms with van der Waals surface area (Å²) in [5, 5.41) is 7.86. The van der Waals surface area contributed by atoms with Gasteiger partial charge in [-0.2, -0.15) is 0 Å². The van der Waals surface area contributed by atoms with Crippen molar-refractivity contribution in [1.29, 1.82) is 0 Å². The number of benzene rings is 2. The van der Waals surface area contributed by atoms with Gasteiger partial charge in [-0.05, 0) is 71.2 Å². The number of imide groups is 1. The number of hydrogen-bond acceptors (Lipinski definition) is 7. The molecule has 0 saturated carbocycles. The summed E-state index contributed by atoms with van der Waals surface area (Å²) in [5.41, 5.74) is 9.82. The number of amides is 2. The number of carbonyl (C=O) groups is 2. The first-order valence-corrected chi connectivity index (χ1v) is 12.3. The minimum Gasteiger partial charge on any atom is -0.491 e. The van der Waals surface area contributed by atoms with Gasteiger partial charge in [0.25, 0.3) is 5.24 Å². The van der Waals surface area contributed by atoms with E-state index in [-0.39, 0.29) is 29.5 Å². The number of rotatable bonds is 8. The molecule has 0 spiro atoms.